The Balaban J connectivity index is 1.69. The lowest BCUT2D eigenvalue weighted by atomic mass is 10.2. The number of benzene rings is 2. The lowest BCUT2D eigenvalue weighted by Crippen LogP contribution is -2.41. The van der Waals surface area contributed by atoms with Crippen molar-refractivity contribution < 1.29 is 0 Å². The van der Waals surface area contributed by atoms with E-state index in [1.54, 1.807) is 0 Å². The molecule has 0 unspecified atom stereocenters. The summed E-state index contributed by atoms with van der Waals surface area (Å²) in [5.74, 6) is 0. The topological polar surface area (TPSA) is 18.8 Å². The monoisotopic (exact) mass is 265 g/mol. The molecule has 2 aromatic carbocycles. The molecule has 0 fully saturated rings. The molecule has 0 bridgehead atoms. The van der Waals surface area contributed by atoms with Crippen LogP contribution >= 0.6 is 0 Å². The Bertz CT molecular complexity index is 575. The Hall–Kier alpha value is -2.13. The summed E-state index contributed by atoms with van der Waals surface area (Å²) in [6.45, 7) is 4.68. The molecule has 0 atom stereocenters. The number of aliphatic imine (C=N–C) groups is 1. The number of anilines is 1. The fourth-order valence-electron chi connectivity index (χ4n) is 2.37. The van der Waals surface area contributed by atoms with Gasteiger partial charge in [0, 0.05) is 12.2 Å². The average Bonchev–Trinajstić information content (AvgIpc) is 2.49. The van der Waals surface area contributed by atoms with Crippen LogP contribution in [0.15, 0.2) is 59.6 Å². The van der Waals surface area contributed by atoms with Crippen LogP contribution in [0.1, 0.15) is 11.1 Å². The summed E-state index contributed by atoms with van der Waals surface area (Å²) in [5.41, 5.74) is 3.80. The minimum Gasteiger partial charge on any atom is -0.319 e. The molecule has 0 radical (unpaired) electrons. The highest BCUT2D eigenvalue weighted by molar-refractivity contribution is 5.79. The predicted molar refractivity (Wildman–Crippen MR) is 83.9 cm³/mol. The highest BCUT2D eigenvalue weighted by Crippen LogP contribution is 2.17. The minimum atomic E-state index is 0.761. The number of hydrogen-bond donors (Lipinski definition) is 0. The first kappa shape index (κ1) is 12.9. The van der Waals surface area contributed by atoms with E-state index in [0.29, 0.717) is 0 Å². The normalized spacial score (nSPS) is 15.6. The summed E-state index contributed by atoms with van der Waals surface area (Å²) in [6.07, 6.45) is 1.94. The van der Waals surface area contributed by atoms with Gasteiger partial charge in [-0.1, -0.05) is 48.0 Å². The van der Waals surface area contributed by atoms with Crippen LogP contribution in [0.3, 0.4) is 0 Å². The maximum absolute atomic E-state index is 4.46. The van der Waals surface area contributed by atoms with Crippen molar-refractivity contribution in [1.29, 1.82) is 0 Å². The molecule has 0 aliphatic carbocycles. The molecule has 0 amide bonds. The third kappa shape index (κ3) is 3.06. The molecule has 20 heavy (non-hydrogen) atoms. The summed E-state index contributed by atoms with van der Waals surface area (Å²) >= 11 is 0. The molecule has 1 heterocycles. The first-order chi connectivity index (χ1) is 9.81. The highest BCUT2D eigenvalue weighted by atomic mass is 15.4. The van der Waals surface area contributed by atoms with E-state index in [9.17, 15) is 0 Å². The van der Waals surface area contributed by atoms with Gasteiger partial charge in [0.15, 0.2) is 0 Å². The second-order valence-corrected chi connectivity index (χ2v) is 5.20. The van der Waals surface area contributed by atoms with Gasteiger partial charge in [-0.25, -0.2) is 0 Å². The average molecular weight is 265 g/mol. The van der Waals surface area contributed by atoms with Gasteiger partial charge in [0.1, 0.15) is 0 Å². The fourth-order valence-corrected chi connectivity index (χ4v) is 2.37. The summed E-state index contributed by atoms with van der Waals surface area (Å²) in [4.78, 5) is 8.98. The van der Waals surface area contributed by atoms with Gasteiger partial charge in [-0.2, -0.15) is 0 Å². The molecule has 0 spiro atoms. The number of nitrogens with zero attached hydrogens (tertiary/aromatic N) is 3. The number of rotatable bonds is 3. The van der Waals surface area contributed by atoms with Crippen LogP contribution in [0.4, 0.5) is 5.69 Å². The van der Waals surface area contributed by atoms with Crippen LogP contribution in [0.25, 0.3) is 0 Å². The molecule has 0 N–H and O–H groups in total. The van der Waals surface area contributed by atoms with Gasteiger partial charge in [0.2, 0.25) is 0 Å². The van der Waals surface area contributed by atoms with E-state index in [4.69, 9.17) is 0 Å². The third-order valence-electron chi connectivity index (χ3n) is 3.47. The molecule has 2 aromatic rings. The zero-order chi connectivity index (χ0) is 13.8. The molecule has 1 aliphatic heterocycles. The Labute approximate surface area is 120 Å². The van der Waals surface area contributed by atoms with Crippen molar-refractivity contribution in [3.63, 3.8) is 0 Å². The highest BCUT2D eigenvalue weighted by Gasteiger charge is 2.14. The van der Waals surface area contributed by atoms with Crippen LogP contribution in [-0.4, -0.2) is 24.6 Å². The summed E-state index contributed by atoms with van der Waals surface area (Å²) in [6, 6.07) is 19.1. The first-order valence-corrected chi connectivity index (χ1v) is 6.91. The smallest absolute Gasteiger partial charge is 0.0943 e. The predicted octanol–water partition coefficient (Wildman–Crippen LogP) is 3.26. The zero-order valence-corrected chi connectivity index (χ0v) is 11.7. The summed E-state index contributed by atoms with van der Waals surface area (Å²) in [5, 5.41) is 0. The van der Waals surface area contributed by atoms with Crippen molar-refractivity contribution in [2.75, 3.05) is 18.2 Å². The van der Waals surface area contributed by atoms with E-state index >= 15 is 0 Å². The van der Waals surface area contributed by atoms with E-state index in [1.165, 1.54) is 16.8 Å². The maximum atomic E-state index is 4.46. The van der Waals surface area contributed by atoms with E-state index in [0.717, 1.165) is 19.9 Å². The molecule has 1 aliphatic rings. The Morgan fingerprint density at radius 2 is 1.75 bits per heavy atom. The van der Waals surface area contributed by atoms with Crippen LogP contribution in [0, 0.1) is 6.92 Å². The molecule has 3 rings (SSSR count). The summed E-state index contributed by atoms with van der Waals surface area (Å²) in [7, 11) is 0. The van der Waals surface area contributed by atoms with E-state index in [-0.39, 0.29) is 0 Å². The first-order valence-electron chi connectivity index (χ1n) is 6.91. The largest absolute Gasteiger partial charge is 0.319 e. The van der Waals surface area contributed by atoms with Crippen LogP contribution in [-0.2, 0) is 6.54 Å². The quantitative estimate of drug-likeness (QED) is 0.848. The van der Waals surface area contributed by atoms with Gasteiger partial charge < -0.3 is 4.90 Å². The Morgan fingerprint density at radius 1 is 1.00 bits per heavy atom. The Morgan fingerprint density at radius 3 is 2.50 bits per heavy atom. The van der Waals surface area contributed by atoms with Crippen molar-refractivity contribution in [2.45, 2.75) is 13.5 Å². The molecule has 3 nitrogen and oxygen atoms in total. The molecule has 0 saturated heterocycles. The van der Waals surface area contributed by atoms with Crippen LogP contribution in [0.2, 0.25) is 0 Å². The maximum Gasteiger partial charge on any atom is 0.0943 e. The lowest BCUT2D eigenvalue weighted by Gasteiger charge is -2.31. The second-order valence-electron chi connectivity index (χ2n) is 5.20. The van der Waals surface area contributed by atoms with Gasteiger partial charge in [-0.05, 0) is 24.6 Å². The van der Waals surface area contributed by atoms with E-state index < -0.39 is 0 Å². The third-order valence-corrected chi connectivity index (χ3v) is 3.47. The van der Waals surface area contributed by atoms with Gasteiger partial charge in [-0.15, -0.1) is 0 Å². The zero-order valence-electron chi connectivity index (χ0n) is 11.7. The van der Waals surface area contributed by atoms with E-state index in [2.05, 4.69) is 76.3 Å². The molecule has 102 valence electrons. The van der Waals surface area contributed by atoms with E-state index in [1.807, 2.05) is 6.34 Å². The van der Waals surface area contributed by atoms with Gasteiger partial charge in [0.05, 0.1) is 19.7 Å². The van der Waals surface area contributed by atoms with Gasteiger partial charge >= 0.3 is 0 Å². The lowest BCUT2D eigenvalue weighted by molar-refractivity contribution is 0.275. The SMILES string of the molecule is Cc1ccc(N2C=NCN(Cc3ccccc3)C2)cc1. The van der Waals surface area contributed by atoms with Crippen LogP contribution in [0.5, 0.6) is 0 Å². The summed E-state index contributed by atoms with van der Waals surface area (Å²) < 4.78 is 0. The molecule has 0 aromatic heterocycles. The van der Waals surface area contributed by atoms with Crippen molar-refractivity contribution in [3.8, 4) is 0 Å². The van der Waals surface area contributed by atoms with Crippen molar-refractivity contribution in [2.24, 2.45) is 4.99 Å². The fraction of sp³-hybridized carbons (Fsp3) is 0.235. The van der Waals surface area contributed by atoms with Crippen molar-refractivity contribution in [3.05, 3.63) is 65.7 Å². The van der Waals surface area contributed by atoms with Crippen molar-refractivity contribution >= 4 is 12.0 Å². The minimum absolute atomic E-state index is 0.761. The molecular weight excluding hydrogens is 246 g/mol. The van der Waals surface area contributed by atoms with Crippen LogP contribution < -0.4 is 4.90 Å². The Kier molecular flexibility index (Phi) is 3.79. The second kappa shape index (κ2) is 5.88. The number of hydrogen-bond acceptors (Lipinski definition) is 3. The number of aryl methyl sites for hydroxylation is 1. The standard InChI is InChI=1S/C17H19N3/c1-15-7-9-17(10-8-15)20-13-18-12-19(14-20)11-16-5-3-2-4-6-16/h2-10,13H,11-12,14H2,1H3. The van der Waals surface area contributed by atoms with Gasteiger partial charge in [-0.3, -0.25) is 9.89 Å². The van der Waals surface area contributed by atoms with Gasteiger partial charge in [0.25, 0.3) is 0 Å². The molecule has 3 heteroatoms. The molecule has 0 saturated carbocycles. The molecular formula is C17H19N3. The van der Waals surface area contributed by atoms with Crippen molar-refractivity contribution in [1.82, 2.24) is 4.90 Å².